The number of thioether (sulfide) groups is 1. The first-order chi connectivity index (χ1) is 14.8. The number of hydrogen-bond acceptors (Lipinski definition) is 4. The van der Waals surface area contributed by atoms with Crippen molar-refractivity contribution >= 4 is 40.0 Å². The molecule has 0 saturated heterocycles. The number of carbonyl (C=O) groups excluding carboxylic acids is 1. The molecule has 3 aromatic carbocycles. The van der Waals surface area contributed by atoms with E-state index in [1.54, 1.807) is 42.5 Å². The quantitative estimate of drug-likeness (QED) is 0.223. The molecule has 0 atom stereocenters. The van der Waals surface area contributed by atoms with Crippen molar-refractivity contribution in [1.82, 2.24) is 9.55 Å². The van der Waals surface area contributed by atoms with Crippen LogP contribution in [0.1, 0.15) is 15.9 Å². The molecule has 4 rings (SSSR count). The van der Waals surface area contributed by atoms with Gasteiger partial charge in [-0.3, -0.25) is 14.2 Å². The number of aryl methyl sites for hydroxylation is 1. The molecule has 0 N–H and O–H groups in total. The third-order valence-corrected chi connectivity index (χ3v) is 6.08. The van der Waals surface area contributed by atoms with Crippen molar-refractivity contribution in [3.8, 4) is 5.69 Å². The smallest absolute Gasteiger partial charge is 0.266 e. The van der Waals surface area contributed by atoms with Crippen LogP contribution in [0.5, 0.6) is 0 Å². The van der Waals surface area contributed by atoms with E-state index < -0.39 is 17.4 Å². The second-order valence-electron chi connectivity index (χ2n) is 6.83. The van der Waals surface area contributed by atoms with Crippen LogP contribution in [0.25, 0.3) is 16.6 Å². The topological polar surface area (TPSA) is 52.0 Å². The summed E-state index contributed by atoms with van der Waals surface area (Å²) in [5.41, 5.74) is 1.61. The first kappa shape index (κ1) is 21.2. The van der Waals surface area contributed by atoms with Gasteiger partial charge < -0.3 is 0 Å². The highest BCUT2D eigenvalue weighted by Gasteiger charge is 2.17. The van der Waals surface area contributed by atoms with Crippen LogP contribution in [0.4, 0.5) is 8.78 Å². The standard InChI is InChI=1S/C23H15ClF2N2O2S/c1-13-6-8-15(11-17(13)24)28-22(30)16-4-2-3-5-20(16)27-23(28)31-12-21(29)14-7-9-18(25)19(26)10-14/h2-11H,12H2,1H3. The van der Waals surface area contributed by atoms with Crippen LogP contribution in [0.2, 0.25) is 5.02 Å². The SMILES string of the molecule is Cc1ccc(-n2c(SCC(=O)c3ccc(F)c(F)c3)nc3ccccc3c2=O)cc1Cl. The van der Waals surface area contributed by atoms with E-state index in [1.807, 2.05) is 6.92 Å². The van der Waals surface area contributed by atoms with Gasteiger partial charge in [0, 0.05) is 10.6 Å². The molecule has 0 spiro atoms. The Labute approximate surface area is 185 Å². The lowest BCUT2D eigenvalue weighted by atomic mass is 10.1. The van der Waals surface area contributed by atoms with Crippen LogP contribution < -0.4 is 5.56 Å². The fourth-order valence-corrected chi connectivity index (χ4v) is 4.12. The zero-order valence-electron chi connectivity index (χ0n) is 16.2. The molecule has 0 fully saturated rings. The highest BCUT2D eigenvalue weighted by molar-refractivity contribution is 7.99. The number of Topliss-reactive ketones (excluding diaryl/α,β-unsaturated/α-hetero) is 1. The molecular weight excluding hydrogens is 442 g/mol. The lowest BCUT2D eigenvalue weighted by Gasteiger charge is -2.14. The summed E-state index contributed by atoms with van der Waals surface area (Å²) in [5, 5.41) is 1.21. The molecule has 8 heteroatoms. The van der Waals surface area contributed by atoms with Gasteiger partial charge in [0.05, 0.1) is 22.3 Å². The minimum Gasteiger partial charge on any atom is -0.293 e. The molecule has 4 aromatic rings. The number of carbonyl (C=O) groups is 1. The van der Waals surface area contributed by atoms with Crippen LogP contribution in [0.15, 0.2) is 70.6 Å². The number of fused-ring (bicyclic) bond motifs is 1. The second kappa shape index (κ2) is 8.61. The van der Waals surface area contributed by atoms with E-state index in [-0.39, 0.29) is 16.9 Å². The minimum atomic E-state index is -1.09. The maximum absolute atomic E-state index is 13.5. The molecule has 0 amide bonds. The maximum Gasteiger partial charge on any atom is 0.266 e. The first-order valence-electron chi connectivity index (χ1n) is 9.24. The van der Waals surface area contributed by atoms with E-state index in [2.05, 4.69) is 4.98 Å². The fourth-order valence-electron chi connectivity index (χ4n) is 3.04. The van der Waals surface area contributed by atoms with Gasteiger partial charge in [0.15, 0.2) is 22.6 Å². The zero-order chi connectivity index (χ0) is 22.1. The monoisotopic (exact) mass is 456 g/mol. The summed E-state index contributed by atoms with van der Waals surface area (Å²) in [4.78, 5) is 30.3. The Bertz CT molecular complexity index is 1390. The molecule has 0 radical (unpaired) electrons. The number of ketones is 1. The Balaban J connectivity index is 1.77. The first-order valence-corrected chi connectivity index (χ1v) is 10.6. The van der Waals surface area contributed by atoms with E-state index >= 15 is 0 Å². The van der Waals surface area contributed by atoms with Gasteiger partial charge >= 0.3 is 0 Å². The molecule has 0 aliphatic heterocycles. The molecule has 0 aliphatic rings. The predicted molar refractivity (Wildman–Crippen MR) is 118 cm³/mol. The molecule has 0 saturated carbocycles. The van der Waals surface area contributed by atoms with Crippen LogP contribution in [0.3, 0.4) is 0 Å². The largest absolute Gasteiger partial charge is 0.293 e. The number of nitrogens with zero attached hydrogens (tertiary/aromatic N) is 2. The Morgan fingerprint density at radius 1 is 1.06 bits per heavy atom. The normalized spacial score (nSPS) is 11.1. The third-order valence-electron chi connectivity index (χ3n) is 4.73. The van der Waals surface area contributed by atoms with Crippen LogP contribution >= 0.6 is 23.4 Å². The number of benzene rings is 3. The molecule has 1 aromatic heterocycles. The lowest BCUT2D eigenvalue weighted by Crippen LogP contribution is -2.22. The Morgan fingerprint density at radius 3 is 2.58 bits per heavy atom. The van der Waals surface area contributed by atoms with Gasteiger partial charge in [0.25, 0.3) is 5.56 Å². The number of rotatable bonds is 5. The lowest BCUT2D eigenvalue weighted by molar-refractivity contribution is 0.102. The van der Waals surface area contributed by atoms with E-state index in [9.17, 15) is 18.4 Å². The predicted octanol–water partition coefficient (Wildman–Crippen LogP) is 5.60. The maximum atomic E-state index is 13.5. The van der Waals surface area contributed by atoms with Crippen LogP contribution in [0, 0.1) is 18.6 Å². The second-order valence-corrected chi connectivity index (χ2v) is 8.18. The molecule has 4 nitrogen and oxygen atoms in total. The highest BCUT2D eigenvalue weighted by atomic mass is 35.5. The number of halogens is 3. The average Bonchev–Trinajstić information content (AvgIpc) is 2.76. The van der Waals surface area contributed by atoms with Gasteiger partial charge in [-0.15, -0.1) is 0 Å². The van der Waals surface area contributed by atoms with Crippen molar-refractivity contribution < 1.29 is 13.6 Å². The van der Waals surface area contributed by atoms with Gasteiger partial charge in [0.1, 0.15) is 0 Å². The highest BCUT2D eigenvalue weighted by Crippen LogP contribution is 2.25. The summed E-state index contributed by atoms with van der Waals surface area (Å²) in [7, 11) is 0. The van der Waals surface area contributed by atoms with Crippen molar-refractivity contribution in [3.05, 3.63) is 98.8 Å². The number of hydrogen-bond donors (Lipinski definition) is 0. The summed E-state index contributed by atoms with van der Waals surface area (Å²) in [6.07, 6.45) is 0. The van der Waals surface area contributed by atoms with Crippen molar-refractivity contribution in [2.45, 2.75) is 12.1 Å². The van der Waals surface area contributed by atoms with E-state index in [4.69, 9.17) is 11.6 Å². The summed E-state index contributed by atoms with van der Waals surface area (Å²) in [6.45, 7) is 1.85. The molecule has 0 aliphatic carbocycles. The molecule has 156 valence electrons. The molecule has 31 heavy (non-hydrogen) atoms. The zero-order valence-corrected chi connectivity index (χ0v) is 17.8. The minimum absolute atomic E-state index is 0.0412. The fraction of sp³-hybridized carbons (Fsp3) is 0.0870. The van der Waals surface area contributed by atoms with Crippen molar-refractivity contribution in [3.63, 3.8) is 0 Å². The van der Waals surface area contributed by atoms with Gasteiger partial charge in [-0.05, 0) is 55.0 Å². The van der Waals surface area contributed by atoms with E-state index in [0.717, 1.165) is 29.5 Å². The molecule has 1 heterocycles. The van der Waals surface area contributed by atoms with Gasteiger partial charge in [0.2, 0.25) is 0 Å². The summed E-state index contributed by atoms with van der Waals surface area (Å²) < 4.78 is 28.0. The van der Waals surface area contributed by atoms with E-state index in [0.29, 0.717) is 26.8 Å². The van der Waals surface area contributed by atoms with Gasteiger partial charge in [-0.1, -0.05) is 41.6 Å². The third kappa shape index (κ3) is 4.24. The summed E-state index contributed by atoms with van der Waals surface area (Å²) in [5.74, 6) is -2.65. The summed E-state index contributed by atoms with van der Waals surface area (Å²) >= 11 is 7.30. The molecule has 0 bridgehead atoms. The molecule has 0 unspecified atom stereocenters. The van der Waals surface area contributed by atoms with Gasteiger partial charge in [-0.25, -0.2) is 13.8 Å². The Hall–Kier alpha value is -3.03. The van der Waals surface area contributed by atoms with Crippen LogP contribution in [-0.4, -0.2) is 21.1 Å². The number of para-hydroxylation sites is 1. The summed E-state index contributed by atoms with van der Waals surface area (Å²) in [6, 6.07) is 15.1. The Kier molecular flexibility index (Phi) is 5.89. The van der Waals surface area contributed by atoms with Crippen LogP contribution in [-0.2, 0) is 0 Å². The Morgan fingerprint density at radius 2 is 1.84 bits per heavy atom. The van der Waals surface area contributed by atoms with E-state index in [1.165, 1.54) is 10.6 Å². The molecular formula is C23H15ClF2N2O2S. The van der Waals surface area contributed by atoms with Crippen molar-refractivity contribution in [1.29, 1.82) is 0 Å². The number of aromatic nitrogens is 2. The van der Waals surface area contributed by atoms with Gasteiger partial charge in [-0.2, -0.15) is 0 Å². The van der Waals surface area contributed by atoms with Crippen molar-refractivity contribution in [2.24, 2.45) is 0 Å². The average molecular weight is 457 g/mol. The van der Waals surface area contributed by atoms with Crippen molar-refractivity contribution in [2.75, 3.05) is 5.75 Å².